The minimum absolute atomic E-state index is 0.0970. The van der Waals surface area contributed by atoms with E-state index in [9.17, 15) is 0 Å². The Balaban J connectivity index is 1.43. The van der Waals surface area contributed by atoms with Crippen LogP contribution in [-0.2, 0) is 27.4 Å². The van der Waals surface area contributed by atoms with Crippen LogP contribution in [0.2, 0.25) is 0 Å². The Labute approximate surface area is 145 Å². The molecule has 0 saturated carbocycles. The van der Waals surface area contributed by atoms with Crippen LogP contribution in [0, 0.1) is 0 Å². The molecule has 0 aliphatic carbocycles. The van der Waals surface area contributed by atoms with Crippen LogP contribution in [0.4, 0.5) is 0 Å². The molecule has 2 aromatic rings. The summed E-state index contributed by atoms with van der Waals surface area (Å²) in [7, 11) is 0. The number of hydrogen-bond donors (Lipinski definition) is 0. The van der Waals surface area contributed by atoms with E-state index in [0.29, 0.717) is 33.0 Å². The number of halogens is 1. The van der Waals surface area contributed by atoms with Gasteiger partial charge >= 0.3 is 0 Å². The van der Waals surface area contributed by atoms with Crippen LogP contribution in [0.25, 0.3) is 0 Å². The van der Waals surface area contributed by atoms with Gasteiger partial charge in [0.05, 0.1) is 56.4 Å². The average molecular weight is 383 g/mol. The zero-order valence-corrected chi connectivity index (χ0v) is 14.9. The van der Waals surface area contributed by atoms with Crippen LogP contribution < -0.4 is 0 Å². The van der Waals surface area contributed by atoms with Crippen molar-refractivity contribution in [1.82, 2.24) is 9.78 Å². The highest BCUT2D eigenvalue weighted by molar-refractivity contribution is 9.10. The Morgan fingerprint density at radius 2 is 1.83 bits per heavy atom. The third-order valence-electron chi connectivity index (χ3n) is 3.16. The molecule has 0 aliphatic rings. The second kappa shape index (κ2) is 10.5. The summed E-state index contributed by atoms with van der Waals surface area (Å²) in [6.07, 6.45) is 3.80. The van der Waals surface area contributed by atoms with Gasteiger partial charge in [0.25, 0.3) is 0 Å². The van der Waals surface area contributed by atoms with Crippen molar-refractivity contribution in [1.29, 1.82) is 0 Å². The van der Waals surface area contributed by atoms with E-state index in [4.69, 9.17) is 14.2 Å². The van der Waals surface area contributed by atoms with E-state index in [1.165, 1.54) is 5.56 Å². The molecule has 0 aliphatic heterocycles. The lowest BCUT2D eigenvalue weighted by Gasteiger charge is -2.13. The predicted molar refractivity (Wildman–Crippen MR) is 92.3 cm³/mol. The number of ether oxygens (including phenoxy) is 3. The molecule has 23 heavy (non-hydrogen) atoms. The van der Waals surface area contributed by atoms with Gasteiger partial charge in [-0.15, -0.1) is 0 Å². The lowest BCUT2D eigenvalue weighted by Crippen LogP contribution is -2.19. The third-order valence-corrected chi connectivity index (χ3v) is 3.57. The van der Waals surface area contributed by atoms with Crippen molar-refractivity contribution in [3.63, 3.8) is 0 Å². The summed E-state index contributed by atoms with van der Waals surface area (Å²) in [5.74, 6) is 0. The van der Waals surface area contributed by atoms with Gasteiger partial charge in [0, 0.05) is 6.20 Å². The fraction of sp³-hybridized carbons (Fsp3) is 0.471. The van der Waals surface area contributed by atoms with E-state index in [1.54, 1.807) is 6.20 Å². The fourth-order valence-corrected chi connectivity index (χ4v) is 2.37. The number of rotatable bonds is 11. The summed E-state index contributed by atoms with van der Waals surface area (Å²) in [6, 6.07) is 10.1. The number of benzene rings is 1. The van der Waals surface area contributed by atoms with Crippen LogP contribution in [-0.4, -0.2) is 42.3 Å². The Hall–Kier alpha value is -1.21. The molecule has 6 heteroatoms. The maximum absolute atomic E-state index is 5.69. The largest absolute Gasteiger partial charge is 0.377 e. The van der Waals surface area contributed by atoms with Crippen LogP contribution in [0.3, 0.4) is 0 Å². The highest BCUT2D eigenvalue weighted by atomic mass is 79.9. The minimum atomic E-state index is 0.0970. The first-order chi connectivity index (χ1) is 11.2. The van der Waals surface area contributed by atoms with Crippen LogP contribution in [0.15, 0.2) is 47.2 Å². The SMILES string of the molecule is CC(Cn1cc(Br)cn1)OCCOCCOCc1ccccc1. The molecule has 1 aromatic carbocycles. The van der Waals surface area contributed by atoms with Crippen LogP contribution in [0.5, 0.6) is 0 Å². The fourth-order valence-electron chi connectivity index (χ4n) is 2.05. The lowest BCUT2D eigenvalue weighted by molar-refractivity contribution is -0.0133. The van der Waals surface area contributed by atoms with E-state index in [0.717, 1.165) is 11.0 Å². The highest BCUT2D eigenvalue weighted by Gasteiger charge is 2.04. The van der Waals surface area contributed by atoms with Gasteiger partial charge in [-0.2, -0.15) is 5.10 Å². The van der Waals surface area contributed by atoms with Gasteiger partial charge < -0.3 is 14.2 Å². The number of nitrogens with zero attached hydrogens (tertiary/aromatic N) is 2. The average Bonchev–Trinajstić information content (AvgIpc) is 2.96. The first-order valence-corrected chi connectivity index (χ1v) is 8.52. The molecule has 0 bridgehead atoms. The molecule has 0 N–H and O–H groups in total. The number of aromatic nitrogens is 2. The van der Waals surface area contributed by atoms with E-state index >= 15 is 0 Å². The van der Waals surface area contributed by atoms with Gasteiger partial charge in [-0.05, 0) is 28.4 Å². The molecule has 1 heterocycles. The van der Waals surface area contributed by atoms with Crippen molar-refractivity contribution in [2.75, 3.05) is 26.4 Å². The molecule has 1 unspecified atom stereocenters. The zero-order valence-electron chi connectivity index (χ0n) is 13.4. The standard InChI is InChI=1S/C17H23BrN2O3/c1-15(12-20-13-17(18)11-19-20)23-10-9-21-7-8-22-14-16-5-3-2-4-6-16/h2-6,11,13,15H,7-10,12,14H2,1H3. The Morgan fingerprint density at radius 3 is 2.57 bits per heavy atom. The Kier molecular flexibility index (Phi) is 8.31. The van der Waals surface area contributed by atoms with Gasteiger partial charge in [0.15, 0.2) is 0 Å². The molecule has 0 saturated heterocycles. The Morgan fingerprint density at radius 1 is 1.09 bits per heavy atom. The molecule has 0 amide bonds. The van der Waals surface area contributed by atoms with Gasteiger partial charge in [-0.25, -0.2) is 0 Å². The molecule has 0 fully saturated rings. The van der Waals surface area contributed by atoms with E-state index in [1.807, 2.05) is 48.1 Å². The maximum Gasteiger partial charge on any atom is 0.0744 e. The van der Waals surface area contributed by atoms with Crippen molar-refractivity contribution < 1.29 is 14.2 Å². The van der Waals surface area contributed by atoms with Crippen molar-refractivity contribution in [2.45, 2.75) is 26.2 Å². The monoisotopic (exact) mass is 382 g/mol. The molecule has 2 rings (SSSR count). The van der Waals surface area contributed by atoms with Crippen LogP contribution >= 0.6 is 15.9 Å². The second-order valence-electron chi connectivity index (χ2n) is 5.21. The molecule has 5 nitrogen and oxygen atoms in total. The highest BCUT2D eigenvalue weighted by Crippen LogP contribution is 2.07. The van der Waals surface area contributed by atoms with Gasteiger partial charge in [-0.3, -0.25) is 4.68 Å². The van der Waals surface area contributed by atoms with Gasteiger partial charge in [0.2, 0.25) is 0 Å². The zero-order chi connectivity index (χ0) is 16.3. The van der Waals surface area contributed by atoms with Crippen molar-refractivity contribution in [3.05, 3.63) is 52.8 Å². The minimum Gasteiger partial charge on any atom is -0.377 e. The Bertz CT molecular complexity index is 548. The summed E-state index contributed by atoms with van der Waals surface area (Å²) in [5.41, 5.74) is 1.18. The normalized spacial score (nSPS) is 12.4. The first-order valence-electron chi connectivity index (χ1n) is 7.73. The smallest absolute Gasteiger partial charge is 0.0744 e. The molecular formula is C17H23BrN2O3. The third kappa shape index (κ3) is 7.74. The van der Waals surface area contributed by atoms with Crippen molar-refractivity contribution in [2.24, 2.45) is 0 Å². The quantitative estimate of drug-likeness (QED) is 0.559. The molecule has 0 spiro atoms. The first kappa shape index (κ1) is 18.1. The van der Waals surface area contributed by atoms with E-state index in [-0.39, 0.29) is 6.10 Å². The van der Waals surface area contributed by atoms with Crippen LogP contribution in [0.1, 0.15) is 12.5 Å². The lowest BCUT2D eigenvalue weighted by atomic mass is 10.2. The molecule has 1 atom stereocenters. The topological polar surface area (TPSA) is 45.5 Å². The van der Waals surface area contributed by atoms with Gasteiger partial charge in [-0.1, -0.05) is 30.3 Å². The molecule has 1 aromatic heterocycles. The maximum atomic E-state index is 5.69. The summed E-state index contributed by atoms with van der Waals surface area (Å²) in [5, 5.41) is 4.20. The summed E-state index contributed by atoms with van der Waals surface area (Å²) in [4.78, 5) is 0. The van der Waals surface area contributed by atoms with Crippen molar-refractivity contribution in [3.8, 4) is 0 Å². The number of hydrogen-bond acceptors (Lipinski definition) is 4. The molecule has 0 radical (unpaired) electrons. The predicted octanol–water partition coefficient (Wildman–Crippen LogP) is 3.28. The van der Waals surface area contributed by atoms with E-state index in [2.05, 4.69) is 21.0 Å². The summed E-state index contributed by atoms with van der Waals surface area (Å²) < 4.78 is 19.6. The summed E-state index contributed by atoms with van der Waals surface area (Å²) in [6.45, 7) is 5.69. The summed E-state index contributed by atoms with van der Waals surface area (Å²) >= 11 is 3.37. The molecular weight excluding hydrogens is 360 g/mol. The molecule has 126 valence electrons. The van der Waals surface area contributed by atoms with Gasteiger partial charge in [0.1, 0.15) is 0 Å². The van der Waals surface area contributed by atoms with E-state index < -0.39 is 0 Å². The van der Waals surface area contributed by atoms with Crippen molar-refractivity contribution >= 4 is 15.9 Å². The second-order valence-corrected chi connectivity index (χ2v) is 6.13.